The summed E-state index contributed by atoms with van der Waals surface area (Å²) >= 11 is 0.948. The highest BCUT2D eigenvalue weighted by Crippen LogP contribution is 2.18. The van der Waals surface area contributed by atoms with E-state index in [4.69, 9.17) is 17.2 Å². The van der Waals surface area contributed by atoms with Crippen molar-refractivity contribution in [2.75, 3.05) is 0 Å². The lowest BCUT2D eigenvalue weighted by atomic mass is 10.5. The van der Waals surface area contributed by atoms with Crippen molar-refractivity contribution < 1.29 is 4.79 Å². The fraction of sp³-hybridized carbons (Fsp3) is 0. The molecule has 60 valence electrons. The topological polar surface area (TPSA) is 120 Å². The monoisotopic (exact) mass is 173 g/mol. The van der Waals surface area contributed by atoms with E-state index >= 15 is 0 Å². The number of nitrogens with one attached hydrogen (secondary N) is 1. The van der Waals surface area contributed by atoms with E-state index < -0.39 is 5.91 Å². The molecule has 11 heavy (non-hydrogen) atoms. The minimum absolute atomic E-state index is 0.136. The second-order valence-corrected chi connectivity index (χ2v) is 2.80. The number of hydrogen-bond donors (Lipinski definition) is 4. The summed E-state index contributed by atoms with van der Waals surface area (Å²) in [5, 5.41) is 3.78. The van der Waals surface area contributed by atoms with Crippen LogP contribution in [-0.2, 0) is 4.79 Å². The Balaban J connectivity index is 2.85. The molecule has 7 heteroatoms. The highest BCUT2D eigenvalue weighted by Gasteiger charge is 2.16. The molecule has 0 aromatic rings. The van der Waals surface area contributed by atoms with Crippen LogP contribution in [0, 0.1) is 0 Å². The van der Waals surface area contributed by atoms with Crippen LogP contribution in [0.3, 0.4) is 0 Å². The summed E-state index contributed by atoms with van der Waals surface area (Å²) in [5.41, 5.74) is 17.9. The fourth-order valence-corrected chi connectivity index (χ4v) is 1.09. The number of hydrogen-bond acceptors (Lipinski definition) is 6. The van der Waals surface area contributed by atoms with E-state index in [1.54, 1.807) is 0 Å². The van der Waals surface area contributed by atoms with Crippen LogP contribution in [0.4, 0.5) is 0 Å². The normalized spacial score (nSPS) is 17.3. The number of hydrazone groups is 1. The number of nitrogens with zero attached hydrogens (tertiary/aromatic N) is 1. The second kappa shape index (κ2) is 2.70. The number of amides is 1. The summed E-state index contributed by atoms with van der Waals surface area (Å²) in [6.07, 6.45) is 0. The number of nitrogens with two attached hydrogens (primary N) is 3. The van der Waals surface area contributed by atoms with E-state index in [0.29, 0.717) is 0 Å². The summed E-state index contributed by atoms with van der Waals surface area (Å²) < 4.78 is 0. The minimum Gasteiger partial charge on any atom is -0.383 e. The first kappa shape index (κ1) is 7.73. The van der Waals surface area contributed by atoms with E-state index in [9.17, 15) is 4.79 Å². The van der Waals surface area contributed by atoms with Crippen LogP contribution in [0.25, 0.3) is 0 Å². The van der Waals surface area contributed by atoms with Crippen molar-refractivity contribution in [2.45, 2.75) is 0 Å². The molecule has 0 aromatic carbocycles. The molecule has 7 N–H and O–H groups in total. The van der Waals surface area contributed by atoms with Gasteiger partial charge in [0.25, 0.3) is 5.91 Å². The smallest absolute Gasteiger partial charge is 0.259 e. The SMILES string of the molecule is NC(=O)C1=C(N)NN=C(N)S1. The lowest BCUT2D eigenvalue weighted by Gasteiger charge is -2.12. The molecular weight excluding hydrogens is 166 g/mol. The van der Waals surface area contributed by atoms with Crippen LogP contribution in [0.5, 0.6) is 0 Å². The predicted octanol–water partition coefficient (Wildman–Crippen LogP) is -1.83. The molecule has 1 amide bonds. The largest absolute Gasteiger partial charge is 0.383 e. The van der Waals surface area contributed by atoms with Gasteiger partial charge in [-0.3, -0.25) is 10.2 Å². The van der Waals surface area contributed by atoms with Gasteiger partial charge in [-0.05, 0) is 11.8 Å². The Hall–Kier alpha value is -1.37. The molecule has 1 aliphatic heterocycles. The number of primary amides is 1. The molecule has 0 atom stereocenters. The van der Waals surface area contributed by atoms with Gasteiger partial charge in [0.15, 0.2) is 5.17 Å². The number of carbonyl (C=O) groups is 1. The maximum Gasteiger partial charge on any atom is 0.259 e. The van der Waals surface area contributed by atoms with Crippen LogP contribution >= 0.6 is 11.8 Å². The molecule has 1 aliphatic rings. The molecule has 0 unspecified atom stereocenters. The van der Waals surface area contributed by atoms with Gasteiger partial charge in [0, 0.05) is 0 Å². The maximum absolute atomic E-state index is 10.6. The van der Waals surface area contributed by atoms with Crippen LogP contribution < -0.4 is 22.6 Å². The highest BCUT2D eigenvalue weighted by atomic mass is 32.2. The average Bonchev–Trinajstić information content (AvgIpc) is 1.94. The summed E-state index contributed by atoms with van der Waals surface area (Å²) in [5.74, 6) is -0.477. The number of carbonyl (C=O) groups excluding carboxylic acids is 1. The zero-order chi connectivity index (χ0) is 8.43. The lowest BCUT2D eigenvalue weighted by molar-refractivity contribution is -0.113. The molecular formula is C4H7N5OS. The predicted molar refractivity (Wildman–Crippen MR) is 42.8 cm³/mol. The van der Waals surface area contributed by atoms with E-state index in [2.05, 4.69) is 10.5 Å². The van der Waals surface area contributed by atoms with Gasteiger partial charge in [-0.2, -0.15) is 0 Å². The van der Waals surface area contributed by atoms with E-state index in [0.717, 1.165) is 11.8 Å². The molecule has 0 radical (unpaired) electrons. The van der Waals surface area contributed by atoms with E-state index in [1.165, 1.54) is 0 Å². The van der Waals surface area contributed by atoms with Crippen molar-refractivity contribution in [1.82, 2.24) is 5.43 Å². The number of rotatable bonds is 1. The van der Waals surface area contributed by atoms with Crippen LogP contribution in [0.2, 0.25) is 0 Å². The third kappa shape index (κ3) is 1.55. The molecule has 6 nitrogen and oxygen atoms in total. The lowest BCUT2D eigenvalue weighted by Crippen LogP contribution is -2.30. The summed E-state index contributed by atoms with van der Waals surface area (Å²) in [7, 11) is 0. The zero-order valence-corrected chi connectivity index (χ0v) is 6.31. The Morgan fingerprint density at radius 1 is 1.55 bits per heavy atom. The Morgan fingerprint density at radius 3 is 2.64 bits per heavy atom. The molecule has 0 bridgehead atoms. The average molecular weight is 173 g/mol. The molecule has 0 spiro atoms. The molecule has 1 rings (SSSR count). The van der Waals surface area contributed by atoms with Gasteiger partial charge in [-0.15, -0.1) is 5.10 Å². The molecule has 0 aromatic heterocycles. The number of amidine groups is 1. The first-order chi connectivity index (χ1) is 5.11. The van der Waals surface area contributed by atoms with Crippen molar-refractivity contribution in [3.8, 4) is 0 Å². The van der Waals surface area contributed by atoms with Gasteiger partial charge in [0.1, 0.15) is 10.7 Å². The first-order valence-corrected chi connectivity index (χ1v) is 3.49. The van der Waals surface area contributed by atoms with Crippen molar-refractivity contribution in [3.63, 3.8) is 0 Å². The van der Waals surface area contributed by atoms with Gasteiger partial charge in [0.2, 0.25) is 0 Å². The molecule has 1 heterocycles. The fourth-order valence-electron chi connectivity index (χ4n) is 0.531. The minimum atomic E-state index is -0.613. The van der Waals surface area contributed by atoms with Gasteiger partial charge < -0.3 is 17.2 Å². The van der Waals surface area contributed by atoms with Gasteiger partial charge in [-0.1, -0.05) is 0 Å². The van der Waals surface area contributed by atoms with Crippen LogP contribution in [0.15, 0.2) is 15.8 Å². The van der Waals surface area contributed by atoms with E-state index in [1.807, 2.05) is 0 Å². The summed E-state index contributed by atoms with van der Waals surface area (Å²) in [4.78, 5) is 10.8. The van der Waals surface area contributed by atoms with Gasteiger partial charge in [-0.25, -0.2) is 0 Å². The molecule has 0 saturated heterocycles. The highest BCUT2D eigenvalue weighted by molar-refractivity contribution is 8.17. The van der Waals surface area contributed by atoms with Crippen LogP contribution in [0.1, 0.15) is 0 Å². The van der Waals surface area contributed by atoms with Crippen LogP contribution in [-0.4, -0.2) is 11.1 Å². The Kier molecular flexibility index (Phi) is 1.90. The van der Waals surface area contributed by atoms with Gasteiger partial charge >= 0.3 is 0 Å². The Bertz CT molecular complexity index is 257. The van der Waals surface area contributed by atoms with Crippen molar-refractivity contribution in [3.05, 3.63) is 10.7 Å². The first-order valence-electron chi connectivity index (χ1n) is 2.68. The Morgan fingerprint density at radius 2 is 2.18 bits per heavy atom. The quantitative estimate of drug-likeness (QED) is 0.371. The molecule has 0 saturated carbocycles. The zero-order valence-electron chi connectivity index (χ0n) is 5.50. The Labute approximate surface area is 66.9 Å². The molecule has 0 aliphatic carbocycles. The standard InChI is InChI=1S/C4H7N5OS/c5-2-1(3(6)10)11-4(7)9-8-2/h8H,5H2,(H2,6,10)(H2,7,9). The number of thioether (sulfide) groups is 1. The van der Waals surface area contributed by atoms with Crippen molar-refractivity contribution in [1.29, 1.82) is 0 Å². The molecule has 0 fully saturated rings. The second-order valence-electron chi connectivity index (χ2n) is 1.77. The van der Waals surface area contributed by atoms with E-state index in [-0.39, 0.29) is 15.9 Å². The third-order valence-electron chi connectivity index (χ3n) is 0.962. The van der Waals surface area contributed by atoms with Crippen molar-refractivity contribution >= 4 is 22.8 Å². The maximum atomic E-state index is 10.6. The summed E-state index contributed by atoms with van der Waals surface area (Å²) in [6, 6.07) is 0. The van der Waals surface area contributed by atoms with Gasteiger partial charge in [0.05, 0.1) is 0 Å². The van der Waals surface area contributed by atoms with Crippen molar-refractivity contribution in [2.24, 2.45) is 22.3 Å². The summed E-state index contributed by atoms with van der Waals surface area (Å²) in [6.45, 7) is 0. The third-order valence-corrected chi connectivity index (χ3v) is 1.89.